The Balaban J connectivity index is 1.82. The number of anilines is 1. The van der Waals surface area contributed by atoms with Gasteiger partial charge in [-0.15, -0.1) is 0 Å². The van der Waals surface area contributed by atoms with Crippen LogP contribution in [0.4, 0.5) is 10.1 Å². The molecule has 26 heavy (non-hydrogen) atoms. The third-order valence-electron chi connectivity index (χ3n) is 3.19. The molecule has 0 saturated carbocycles. The van der Waals surface area contributed by atoms with Crippen LogP contribution in [0, 0.1) is 5.82 Å². The number of halogens is 1. The summed E-state index contributed by atoms with van der Waals surface area (Å²) in [6, 6.07) is 11.1. The van der Waals surface area contributed by atoms with Gasteiger partial charge in [-0.2, -0.15) is 0 Å². The second-order valence-electron chi connectivity index (χ2n) is 5.34. The fourth-order valence-corrected chi connectivity index (χ4v) is 2.54. The van der Waals surface area contributed by atoms with Crippen LogP contribution in [0.25, 0.3) is 6.08 Å². The molecule has 0 spiro atoms. The number of esters is 1. The van der Waals surface area contributed by atoms with E-state index in [-0.39, 0.29) is 10.7 Å². The fraction of sp³-hybridized carbons (Fsp3) is 0.111. The molecule has 136 valence electrons. The number of nitrogens with one attached hydrogen (secondary N) is 1. The average Bonchev–Trinajstić information content (AvgIpc) is 2.59. The monoisotopic (exact) mass is 377 g/mol. The van der Waals surface area contributed by atoms with Gasteiger partial charge in [0.15, 0.2) is 16.4 Å². The summed E-state index contributed by atoms with van der Waals surface area (Å²) in [5.41, 5.74) is 0.985. The van der Waals surface area contributed by atoms with E-state index in [2.05, 4.69) is 5.32 Å². The fourth-order valence-electron chi connectivity index (χ4n) is 1.91. The van der Waals surface area contributed by atoms with E-state index in [1.807, 2.05) is 0 Å². The summed E-state index contributed by atoms with van der Waals surface area (Å²) in [5, 5.41) is 2.48. The highest BCUT2D eigenvalue weighted by atomic mass is 32.2. The third-order valence-corrected chi connectivity index (χ3v) is 4.32. The minimum atomic E-state index is -3.31. The first kappa shape index (κ1) is 19.3. The van der Waals surface area contributed by atoms with Crippen LogP contribution in [0.5, 0.6) is 0 Å². The first-order valence-electron chi connectivity index (χ1n) is 7.44. The molecular weight excluding hydrogens is 361 g/mol. The average molecular weight is 377 g/mol. The van der Waals surface area contributed by atoms with Gasteiger partial charge in [0.2, 0.25) is 0 Å². The molecule has 0 bridgehead atoms. The van der Waals surface area contributed by atoms with Crippen molar-refractivity contribution in [3.05, 3.63) is 66.0 Å². The molecule has 8 heteroatoms. The number of carbonyl (C=O) groups is 2. The van der Waals surface area contributed by atoms with Crippen LogP contribution < -0.4 is 5.32 Å². The van der Waals surface area contributed by atoms with Gasteiger partial charge in [-0.1, -0.05) is 12.1 Å². The summed E-state index contributed by atoms with van der Waals surface area (Å²) < 4.78 is 40.3. The summed E-state index contributed by atoms with van der Waals surface area (Å²) in [5.74, 6) is -1.68. The lowest BCUT2D eigenvalue weighted by Crippen LogP contribution is -2.20. The van der Waals surface area contributed by atoms with E-state index >= 15 is 0 Å². The van der Waals surface area contributed by atoms with Crippen molar-refractivity contribution in [3.63, 3.8) is 0 Å². The third kappa shape index (κ3) is 6.14. The molecule has 1 amide bonds. The van der Waals surface area contributed by atoms with Gasteiger partial charge in [0.1, 0.15) is 5.82 Å². The van der Waals surface area contributed by atoms with E-state index in [0.29, 0.717) is 11.3 Å². The first-order chi connectivity index (χ1) is 12.2. The Kier molecular flexibility index (Phi) is 6.24. The van der Waals surface area contributed by atoms with E-state index < -0.39 is 28.3 Å². The Bertz CT molecular complexity index is 919. The minimum Gasteiger partial charge on any atom is -0.452 e. The van der Waals surface area contributed by atoms with E-state index in [9.17, 15) is 22.4 Å². The topological polar surface area (TPSA) is 89.5 Å². The second-order valence-corrected chi connectivity index (χ2v) is 7.35. The van der Waals surface area contributed by atoms with Crippen LogP contribution >= 0.6 is 0 Å². The van der Waals surface area contributed by atoms with Crippen LogP contribution in [0.1, 0.15) is 5.56 Å². The summed E-state index contributed by atoms with van der Waals surface area (Å²) in [7, 11) is -3.31. The van der Waals surface area contributed by atoms with Crippen LogP contribution in [-0.2, 0) is 24.2 Å². The first-order valence-corrected chi connectivity index (χ1v) is 9.33. The van der Waals surface area contributed by atoms with Gasteiger partial charge >= 0.3 is 5.97 Å². The van der Waals surface area contributed by atoms with Crippen molar-refractivity contribution in [3.8, 4) is 0 Å². The largest absolute Gasteiger partial charge is 0.452 e. The van der Waals surface area contributed by atoms with E-state index in [1.165, 1.54) is 54.6 Å². The highest BCUT2D eigenvalue weighted by molar-refractivity contribution is 7.90. The molecule has 2 rings (SSSR count). The lowest BCUT2D eigenvalue weighted by molar-refractivity contribution is -0.142. The smallest absolute Gasteiger partial charge is 0.331 e. The van der Waals surface area contributed by atoms with Crippen LogP contribution in [0.3, 0.4) is 0 Å². The number of rotatable bonds is 6. The van der Waals surface area contributed by atoms with E-state index in [0.717, 1.165) is 12.3 Å². The molecule has 0 aliphatic rings. The molecule has 0 fully saturated rings. The van der Waals surface area contributed by atoms with Crippen molar-refractivity contribution in [1.29, 1.82) is 0 Å². The molecule has 2 aromatic carbocycles. The Morgan fingerprint density at radius 2 is 1.69 bits per heavy atom. The molecule has 1 N–H and O–H groups in total. The SMILES string of the molecule is CS(=O)(=O)c1ccc(NC(=O)COC(=O)/C=C/c2ccc(F)cc2)cc1. The van der Waals surface area contributed by atoms with Crippen LogP contribution in [0.2, 0.25) is 0 Å². The van der Waals surface area contributed by atoms with E-state index in [4.69, 9.17) is 4.74 Å². The Morgan fingerprint density at radius 3 is 2.27 bits per heavy atom. The van der Waals surface area contributed by atoms with Gasteiger partial charge in [-0.3, -0.25) is 4.79 Å². The Morgan fingerprint density at radius 1 is 1.08 bits per heavy atom. The van der Waals surface area contributed by atoms with Gasteiger partial charge < -0.3 is 10.1 Å². The molecule has 0 radical (unpaired) electrons. The quantitative estimate of drug-likeness (QED) is 0.617. The van der Waals surface area contributed by atoms with Crippen molar-refractivity contribution in [2.24, 2.45) is 0 Å². The number of hydrogen-bond acceptors (Lipinski definition) is 5. The molecule has 0 atom stereocenters. The predicted octanol–water partition coefficient (Wildman–Crippen LogP) is 2.42. The highest BCUT2D eigenvalue weighted by Crippen LogP contribution is 2.13. The van der Waals surface area contributed by atoms with Crippen molar-refractivity contribution in [2.45, 2.75) is 4.90 Å². The van der Waals surface area contributed by atoms with Gasteiger partial charge in [0, 0.05) is 18.0 Å². The molecule has 0 unspecified atom stereocenters. The molecule has 6 nitrogen and oxygen atoms in total. The zero-order valence-electron chi connectivity index (χ0n) is 13.8. The zero-order valence-corrected chi connectivity index (χ0v) is 14.6. The van der Waals surface area contributed by atoms with Crippen molar-refractivity contribution in [2.75, 3.05) is 18.2 Å². The van der Waals surface area contributed by atoms with Crippen molar-refractivity contribution in [1.82, 2.24) is 0 Å². The summed E-state index contributed by atoms with van der Waals surface area (Å²) in [6.45, 7) is -0.500. The number of benzene rings is 2. The van der Waals surface area contributed by atoms with E-state index in [1.54, 1.807) is 0 Å². The molecular formula is C18H16FNO5S. The van der Waals surface area contributed by atoms with Gasteiger partial charge in [0.25, 0.3) is 5.91 Å². The van der Waals surface area contributed by atoms with Crippen LogP contribution in [-0.4, -0.2) is 33.2 Å². The maximum absolute atomic E-state index is 12.8. The summed E-state index contributed by atoms with van der Waals surface area (Å²) in [6.07, 6.45) is 3.64. The number of sulfone groups is 1. The highest BCUT2D eigenvalue weighted by Gasteiger charge is 2.08. The predicted molar refractivity (Wildman–Crippen MR) is 94.6 cm³/mol. The van der Waals surface area contributed by atoms with Crippen LogP contribution in [0.15, 0.2) is 59.5 Å². The molecule has 0 aromatic heterocycles. The summed E-state index contributed by atoms with van der Waals surface area (Å²) in [4.78, 5) is 23.4. The maximum Gasteiger partial charge on any atom is 0.331 e. The van der Waals surface area contributed by atoms with Crippen molar-refractivity contribution >= 4 is 33.5 Å². The van der Waals surface area contributed by atoms with Gasteiger partial charge in [0.05, 0.1) is 4.90 Å². The normalized spacial score (nSPS) is 11.3. The Labute approximate surface area is 150 Å². The number of carbonyl (C=O) groups excluding carboxylic acids is 2. The number of hydrogen-bond donors (Lipinski definition) is 1. The number of ether oxygens (including phenoxy) is 1. The zero-order chi connectivity index (χ0) is 19.2. The van der Waals surface area contributed by atoms with Gasteiger partial charge in [-0.05, 0) is 48.0 Å². The lowest BCUT2D eigenvalue weighted by atomic mass is 10.2. The minimum absolute atomic E-state index is 0.132. The molecule has 0 heterocycles. The van der Waals surface area contributed by atoms with Gasteiger partial charge in [-0.25, -0.2) is 17.6 Å². The molecule has 0 saturated heterocycles. The molecule has 2 aromatic rings. The molecule has 0 aliphatic heterocycles. The number of amides is 1. The summed E-state index contributed by atoms with van der Waals surface area (Å²) >= 11 is 0. The second kappa shape index (κ2) is 8.39. The van der Waals surface area contributed by atoms with Crippen molar-refractivity contribution < 1.29 is 27.1 Å². The lowest BCUT2D eigenvalue weighted by Gasteiger charge is -2.06. The maximum atomic E-state index is 12.8. The standard InChI is InChI=1S/C18H16FNO5S/c1-26(23,24)16-9-7-15(8-10-16)20-17(21)12-25-18(22)11-4-13-2-5-14(19)6-3-13/h2-11H,12H2,1H3,(H,20,21)/b11-4+. The molecule has 0 aliphatic carbocycles. The Hall–Kier alpha value is -3.00.